The van der Waals surface area contributed by atoms with Gasteiger partial charge in [-0.05, 0) is 85.8 Å². The van der Waals surface area contributed by atoms with Crippen LogP contribution in [0, 0.1) is 0 Å². The molecule has 0 saturated heterocycles. The van der Waals surface area contributed by atoms with E-state index in [0.29, 0.717) is 0 Å². The lowest BCUT2D eigenvalue weighted by molar-refractivity contribution is 0.650. The molecule has 0 radical (unpaired) electrons. The molecule has 1 nitrogen and oxygen atoms in total. The van der Waals surface area contributed by atoms with Gasteiger partial charge in [-0.25, -0.2) is 0 Å². The highest BCUT2D eigenvalue weighted by Crippen LogP contribution is 2.31. The SMILES string of the molecule is CCCCCCc1cccc(Nc2cccc(CCCCCC)c2CCCCCC)c1CCCCCC. The van der Waals surface area contributed by atoms with Gasteiger partial charge < -0.3 is 5.32 Å². The third kappa shape index (κ3) is 12.1. The van der Waals surface area contributed by atoms with E-state index in [1.165, 1.54) is 140 Å². The molecule has 2 aromatic rings. The third-order valence-electron chi connectivity index (χ3n) is 7.98. The number of hydrogen-bond acceptors (Lipinski definition) is 1. The highest BCUT2D eigenvalue weighted by Gasteiger charge is 2.13. The van der Waals surface area contributed by atoms with Gasteiger partial charge in [-0.3, -0.25) is 0 Å². The van der Waals surface area contributed by atoms with Crippen molar-refractivity contribution in [2.75, 3.05) is 5.32 Å². The first-order valence-electron chi connectivity index (χ1n) is 16.2. The Hall–Kier alpha value is -1.76. The summed E-state index contributed by atoms with van der Waals surface area (Å²) in [7, 11) is 0. The summed E-state index contributed by atoms with van der Waals surface area (Å²) < 4.78 is 0. The van der Waals surface area contributed by atoms with Crippen LogP contribution in [0.25, 0.3) is 0 Å². The van der Waals surface area contributed by atoms with Gasteiger partial charge in [0, 0.05) is 11.4 Å². The Morgan fingerprint density at radius 2 is 0.757 bits per heavy atom. The normalized spacial score (nSPS) is 11.2. The van der Waals surface area contributed by atoms with E-state index in [0.717, 1.165) is 0 Å². The van der Waals surface area contributed by atoms with E-state index in [9.17, 15) is 0 Å². The molecule has 0 aromatic heterocycles. The number of nitrogens with one attached hydrogen (secondary N) is 1. The van der Waals surface area contributed by atoms with Crippen LogP contribution in [0.5, 0.6) is 0 Å². The molecule has 208 valence electrons. The predicted molar refractivity (Wildman–Crippen MR) is 168 cm³/mol. The lowest BCUT2D eigenvalue weighted by atomic mass is 9.93. The first-order chi connectivity index (χ1) is 18.2. The molecular weight excluding hydrogens is 446 g/mol. The van der Waals surface area contributed by atoms with Crippen LogP contribution in [-0.4, -0.2) is 0 Å². The second-order valence-electron chi connectivity index (χ2n) is 11.3. The van der Waals surface area contributed by atoms with Gasteiger partial charge in [0.2, 0.25) is 0 Å². The number of aryl methyl sites for hydroxylation is 2. The monoisotopic (exact) mass is 505 g/mol. The van der Waals surface area contributed by atoms with Crippen LogP contribution in [0.4, 0.5) is 11.4 Å². The van der Waals surface area contributed by atoms with Gasteiger partial charge in [-0.1, -0.05) is 129 Å². The Morgan fingerprint density at radius 1 is 0.405 bits per heavy atom. The molecule has 0 atom stereocenters. The van der Waals surface area contributed by atoms with Crippen molar-refractivity contribution in [2.24, 2.45) is 0 Å². The summed E-state index contributed by atoms with van der Waals surface area (Å²) in [6, 6.07) is 14.1. The molecule has 0 fully saturated rings. The summed E-state index contributed by atoms with van der Waals surface area (Å²) >= 11 is 0. The molecule has 0 aliphatic heterocycles. The maximum Gasteiger partial charge on any atom is 0.0419 e. The van der Waals surface area contributed by atoms with Crippen molar-refractivity contribution in [3.05, 3.63) is 58.7 Å². The number of anilines is 2. The highest BCUT2D eigenvalue weighted by atomic mass is 14.9. The minimum Gasteiger partial charge on any atom is -0.355 e. The van der Waals surface area contributed by atoms with Crippen molar-refractivity contribution in [2.45, 2.75) is 156 Å². The number of rotatable bonds is 22. The quantitative estimate of drug-likeness (QED) is 0.157. The number of benzene rings is 2. The molecule has 2 rings (SSSR count). The van der Waals surface area contributed by atoms with Gasteiger partial charge in [0.15, 0.2) is 0 Å². The molecule has 0 bridgehead atoms. The molecular formula is C36H59N. The average Bonchev–Trinajstić information content (AvgIpc) is 2.91. The first kappa shape index (κ1) is 31.5. The molecule has 0 heterocycles. The Kier molecular flexibility index (Phi) is 17.2. The minimum atomic E-state index is 1.20. The van der Waals surface area contributed by atoms with Crippen LogP contribution in [0.15, 0.2) is 36.4 Å². The summed E-state index contributed by atoms with van der Waals surface area (Å²) in [5.74, 6) is 0. The second-order valence-corrected chi connectivity index (χ2v) is 11.3. The molecule has 0 unspecified atom stereocenters. The van der Waals surface area contributed by atoms with Crippen molar-refractivity contribution in [1.82, 2.24) is 0 Å². The maximum absolute atomic E-state index is 4.01. The molecule has 0 amide bonds. The summed E-state index contributed by atoms with van der Waals surface area (Å²) in [4.78, 5) is 0. The largest absolute Gasteiger partial charge is 0.355 e. The zero-order chi connectivity index (χ0) is 26.6. The Bertz CT molecular complexity index is 767. The van der Waals surface area contributed by atoms with Crippen LogP contribution in [0.2, 0.25) is 0 Å². The van der Waals surface area contributed by atoms with Gasteiger partial charge >= 0.3 is 0 Å². The van der Waals surface area contributed by atoms with E-state index in [1.54, 1.807) is 22.3 Å². The van der Waals surface area contributed by atoms with Crippen molar-refractivity contribution in [1.29, 1.82) is 0 Å². The molecule has 1 N–H and O–H groups in total. The fraction of sp³-hybridized carbons (Fsp3) is 0.667. The van der Waals surface area contributed by atoms with E-state index in [2.05, 4.69) is 69.4 Å². The van der Waals surface area contributed by atoms with E-state index < -0.39 is 0 Å². The third-order valence-corrected chi connectivity index (χ3v) is 7.98. The van der Waals surface area contributed by atoms with Gasteiger partial charge in [0.05, 0.1) is 0 Å². The van der Waals surface area contributed by atoms with Gasteiger partial charge in [-0.2, -0.15) is 0 Å². The van der Waals surface area contributed by atoms with Crippen molar-refractivity contribution in [3.63, 3.8) is 0 Å². The molecule has 1 heteroatoms. The summed E-state index contributed by atoms with van der Waals surface area (Å²) in [5.41, 5.74) is 9.06. The van der Waals surface area contributed by atoms with Gasteiger partial charge in [-0.15, -0.1) is 0 Å². The average molecular weight is 506 g/mol. The molecule has 0 spiro atoms. The Balaban J connectivity index is 2.29. The van der Waals surface area contributed by atoms with E-state index >= 15 is 0 Å². The smallest absolute Gasteiger partial charge is 0.0419 e. The van der Waals surface area contributed by atoms with E-state index in [4.69, 9.17) is 0 Å². The van der Waals surface area contributed by atoms with Crippen LogP contribution in [-0.2, 0) is 25.7 Å². The topological polar surface area (TPSA) is 12.0 Å². The highest BCUT2D eigenvalue weighted by molar-refractivity contribution is 5.68. The summed E-state index contributed by atoms with van der Waals surface area (Å²) in [6.07, 6.45) is 26.1. The predicted octanol–water partition coefficient (Wildman–Crippen LogP) is 11.9. The Labute approximate surface area is 231 Å². The van der Waals surface area contributed by atoms with Crippen molar-refractivity contribution in [3.8, 4) is 0 Å². The van der Waals surface area contributed by atoms with Crippen LogP contribution in [0.1, 0.15) is 153 Å². The molecule has 37 heavy (non-hydrogen) atoms. The minimum absolute atomic E-state index is 1.20. The maximum atomic E-state index is 4.01. The zero-order valence-electron chi connectivity index (χ0n) is 25.1. The second kappa shape index (κ2) is 20.2. The standard InChI is InChI=1S/C36H59N/c1-5-9-13-17-23-31-25-21-29-35(33(31)27-19-15-11-7-3)37-36-30-22-26-32(24-18-14-10-6-2)34(36)28-20-16-12-8-4/h21-22,25-26,29-30,37H,5-20,23-24,27-28H2,1-4H3. The van der Waals surface area contributed by atoms with Crippen molar-refractivity contribution < 1.29 is 0 Å². The molecule has 0 saturated carbocycles. The first-order valence-corrected chi connectivity index (χ1v) is 16.2. The number of unbranched alkanes of at least 4 members (excludes halogenated alkanes) is 12. The summed E-state index contributed by atoms with van der Waals surface area (Å²) in [5, 5.41) is 4.01. The fourth-order valence-corrected chi connectivity index (χ4v) is 5.65. The van der Waals surface area contributed by atoms with Gasteiger partial charge in [0.1, 0.15) is 0 Å². The molecule has 0 aliphatic carbocycles. The lowest BCUT2D eigenvalue weighted by Gasteiger charge is -2.21. The van der Waals surface area contributed by atoms with E-state index in [1.807, 2.05) is 0 Å². The molecule has 0 aliphatic rings. The van der Waals surface area contributed by atoms with Crippen molar-refractivity contribution >= 4 is 11.4 Å². The fourth-order valence-electron chi connectivity index (χ4n) is 5.65. The zero-order valence-corrected chi connectivity index (χ0v) is 25.1. The lowest BCUT2D eigenvalue weighted by Crippen LogP contribution is -2.06. The summed E-state index contributed by atoms with van der Waals surface area (Å²) in [6.45, 7) is 9.24. The Morgan fingerprint density at radius 3 is 1.11 bits per heavy atom. The molecule has 2 aromatic carbocycles. The van der Waals surface area contributed by atoms with Gasteiger partial charge in [0.25, 0.3) is 0 Å². The number of hydrogen-bond donors (Lipinski definition) is 1. The van der Waals surface area contributed by atoms with E-state index in [-0.39, 0.29) is 0 Å². The van der Waals surface area contributed by atoms with Crippen LogP contribution >= 0.6 is 0 Å². The van der Waals surface area contributed by atoms with Crippen LogP contribution in [0.3, 0.4) is 0 Å². The van der Waals surface area contributed by atoms with Crippen LogP contribution < -0.4 is 5.32 Å².